The first-order valence-electron chi connectivity index (χ1n) is 9.41. The van der Waals surface area contributed by atoms with Crippen molar-refractivity contribution in [2.24, 2.45) is 0 Å². The van der Waals surface area contributed by atoms with E-state index in [1.165, 1.54) is 4.90 Å². The molecule has 1 saturated heterocycles. The van der Waals surface area contributed by atoms with Crippen molar-refractivity contribution in [3.8, 4) is 5.75 Å². The van der Waals surface area contributed by atoms with E-state index >= 15 is 0 Å². The molecule has 5 nitrogen and oxygen atoms in total. The van der Waals surface area contributed by atoms with Gasteiger partial charge in [0, 0.05) is 18.5 Å². The fourth-order valence-electron chi connectivity index (χ4n) is 3.87. The molecule has 1 atom stereocenters. The number of aliphatic hydroxyl groups excluding tert-OH is 1. The van der Waals surface area contributed by atoms with E-state index < -0.39 is 17.7 Å². The number of halogens is 2. The zero-order valence-electron chi connectivity index (χ0n) is 15.7. The predicted octanol–water partition coefficient (Wildman–Crippen LogP) is 4.76. The third kappa shape index (κ3) is 3.38. The van der Waals surface area contributed by atoms with Gasteiger partial charge in [0.1, 0.15) is 11.5 Å². The molecule has 0 aromatic heterocycles. The second-order valence-electron chi connectivity index (χ2n) is 7.09. The SMILES string of the molecule is CCCN1C(=O)C(=O)/C(=C(\O)c2ccc3c(c2)CCO3)C1c1ccc(Cl)c(Cl)c1. The molecule has 1 unspecified atom stereocenters. The number of ether oxygens (including phenoxy) is 1. The van der Waals surface area contributed by atoms with E-state index in [4.69, 9.17) is 27.9 Å². The molecule has 0 aliphatic carbocycles. The highest BCUT2D eigenvalue weighted by Gasteiger charge is 2.45. The van der Waals surface area contributed by atoms with E-state index in [2.05, 4.69) is 0 Å². The van der Waals surface area contributed by atoms with Crippen molar-refractivity contribution in [1.29, 1.82) is 0 Å². The van der Waals surface area contributed by atoms with Gasteiger partial charge < -0.3 is 14.7 Å². The molecule has 0 saturated carbocycles. The lowest BCUT2D eigenvalue weighted by molar-refractivity contribution is -0.139. The number of hydrogen-bond acceptors (Lipinski definition) is 4. The Morgan fingerprint density at radius 1 is 1.17 bits per heavy atom. The summed E-state index contributed by atoms with van der Waals surface area (Å²) in [5, 5.41) is 11.8. The fraction of sp³-hybridized carbons (Fsp3) is 0.273. The summed E-state index contributed by atoms with van der Waals surface area (Å²) in [6.45, 7) is 2.89. The van der Waals surface area contributed by atoms with Crippen molar-refractivity contribution < 1.29 is 19.4 Å². The Balaban J connectivity index is 1.87. The Hall–Kier alpha value is -2.50. The molecule has 4 rings (SSSR count). The third-order valence-electron chi connectivity index (χ3n) is 5.23. The lowest BCUT2D eigenvalue weighted by Crippen LogP contribution is -2.30. The summed E-state index contributed by atoms with van der Waals surface area (Å²) < 4.78 is 5.51. The number of hydrogen-bond donors (Lipinski definition) is 1. The molecule has 2 aromatic rings. The minimum absolute atomic E-state index is 0.0562. The van der Waals surface area contributed by atoms with Gasteiger partial charge in [0.2, 0.25) is 0 Å². The van der Waals surface area contributed by atoms with Crippen molar-refractivity contribution in [1.82, 2.24) is 4.90 Å². The number of carbonyl (C=O) groups excluding carboxylic acids is 2. The smallest absolute Gasteiger partial charge is 0.295 e. The van der Waals surface area contributed by atoms with Gasteiger partial charge in [-0.3, -0.25) is 9.59 Å². The first kappa shape index (κ1) is 19.8. The Bertz CT molecular complexity index is 1050. The van der Waals surface area contributed by atoms with Crippen LogP contribution in [0.2, 0.25) is 10.0 Å². The highest BCUT2D eigenvalue weighted by atomic mass is 35.5. The summed E-state index contributed by atoms with van der Waals surface area (Å²) in [5.74, 6) is -0.764. The van der Waals surface area contributed by atoms with Crippen LogP contribution in [0.4, 0.5) is 0 Å². The number of benzene rings is 2. The summed E-state index contributed by atoms with van der Waals surface area (Å²) in [4.78, 5) is 27.1. The van der Waals surface area contributed by atoms with Crippen LogP contribution in [-0.2, 0) is 16.0 Å². The van der Waals surface area contributed by atoms with Crippen LogP contribution in [0.25, 0.3) is 5.76 Å². The number of likely N-dealkylation sites (tertiary alicyclic amines) is 1. The maximum atomic E-state index is 12.9. The van der Waals surface area contributed by atoms with Gasteiger partial charge in [-0.1, -0.05) is 36.2 Å². The average molecular weight is 432 g/mol. The molecule has 1 N–H and O–H groups in total. The van der Waals surface area contributed by atoms with Crippen molar-refractivity contribution in [2.45, 2.75) is 25.8 Å². The van der Waals surface area contributed by atoms with Gasteiger partial charge in [-0.2, -0.15) is 0 Å². The van der Waals surface area contributed by atoms with Gasteiger partial charge in [-0.25, -0.2) is 0 Å². The molecule has 29 heavy (non-hydrogen) atoms. The molecule has 1 fully saturated rings. The number of amides is 1. The normalized spacial score (nSPS) is 20.1. The number of rotatable bonds is 4. The van der Waals surface area contributed by atoms with Crippen LogP contribution in [0.5, 0.6) is 5.75 Å². The Morgan fingerprint density at radius 3 is 2.69 bits per heavy atom. The van der Waals surface area contributed by atoms with Gasteiger partial charge >= 0.3 is 0 Å². The second kappa shape index (κ2) is 7.73. The highest BCUT2D eigenvalue weighted by molar-refractivity contribution is 6.46. The zero-order valence-corrected chi connectivity index (χ0v) is 17.3. The number of aliphatic hydroxyl groups is 1. The molecule has 7 heteroatoms. The maximum absolute atomic E-state index is 12.9. The Labute approximate surface area is 178 Å². The van der Waals surface area contributed by atoms with Gasteiger partial charge in [0.05, 0.1) is 28.3 Å². The minimum atomic E-state index is -0.728. The summed E-state index contributed by atoms with van der Waals surface area (Å²) in [6, 6.07) is 9.51. The van der Waals surface area contributed by atoms with Crippen molar-refractivity contribution >= 4 is 40.7 Å². The van der Waals surface area contributed by atoms with Gasteiger partial charge in [0.25, 0.3) is 11.7 Å². The summed E-state index contributed by atoms with van der Waals surface area (Å²) in [5.41, 5.74) is 2.12. The van der Waals surface area contributed by atoms with Crippen LogP contribution < -0.4 is 4.74 Å². The number of ketones is 1. The molecular formula is C22H19Cl2NO4. The molecule has 2 aromatic carbocycles. The number of carbonyl (C=O) groups is 2. The molecule has 0 bridgehead atoms. The molecule has 150 valence electrons. The van der Waals surface area contributed by atoms with Crippen LogP contribution in [0.15, 0.2) is 42.0 Å². The van der Waals surface area contributed by atoms with Crippen LogP contribution in [-0.4, -0.2) is 34.8 Å². The van der Waals surface area contributed by atoms with E-state index in [1.807, 2.05) is 6.92 Å². The summed E-state index contributed by atoms with van der Waals surface area (Å²) in [7, 11) is 0. The van der Waals surface area contributed by atoms with E-state index in [1.54, 1.807) is 36.4 Å². The topological polar surface area (TPSA) is 66.8 Å². The van der Waals surface area contributed by atoms with Crippen molar-refractivity contribution in [2.75, 3.05) is 13.2 Å². The fourth-order valence-corrected chi connectivity index (χ4v) is 4.18. The van der Waals surface area contributed by atoms with Gasteiger partial charge in [-0.15, -0.1) is 0 Å². The Kier molecular flexibility index (Phi) is 5.28. The minimum Gasteiger partial charge on any atom is -0.507 e. The Morgan fingerprint density at radius 2 is 1.97 bits per heavy atom. The molecule has 0 radical (unpaired) electrons. The quantitative estimate of drug-likeness (QED) is 0.430. The van der Waals surface area contributed by atoms with E-state index in [-0.39, 0.29) is 11.3 Å². The largest absolute Gasteiger partial charge is 0.507 e. The standard InChI is InChI=1S/C22H19Cl2NO4/c1-2-8-25-19(13-3-5-15(23)16(24)11-13)18(21(27)22(25)28)20(26)14-4-6-17-12(10-14)7-9-29-17/h3-6,10-11,19,26H,2,7-9H2,1H3/b20-18-. The number of fused-ring (bicyclic) bond motifs is 1. The highest BCUT2D eigenvalue weighted by Crippen LogP contribution is 2.41. The second-order valence-corrected chi connectivity index (χ2v) is 7.90. The molecule has 0 spiro atoms. The summed E-state index contributed by atoms with van der Waals surface area (Å²) >= 11 is 12.2. The molecule has 2 aliphatic heterocycles. The summed E-state index contributed by atoms with van der Waals surface area (Å²) in [6.07, 6.45) is 1.40. The third-order valence-corrected chi connectivity index (χ3v) is 5.97. The van der Waals surface area contributed by atoms with Gasteiger partial charge in [-0.05, 0) is 47.9 Å². The van der Waals surface area contributed by atoms with Crippen LogP contribution in [0, 0.1) is 0 Å². The average Bonchev–Trinajstić information content (AvgIpc) is 3.27. The van der Waals surface area contributed by atoms with E-state index in [0.29, 0.717) is 40.7 Å². The number of Topliss-reactive ketones (excluding diaryl/α,β-unsaturated/α-hetero) is 1. The van der Waals surface area contributed by atoms with E-state index in [0.717, 1.165) is 17.7 Å². The van der Waals surface area contributed by atoms with Crippen LogP contribution in [0.3, 0.4) is 0 Å². The monoisotopic (exact) mass is 431 g/mol. The van der Waals surface area contributed by atoms with Crippen molar-refractivity contribution in [3.05, 3.63) is 68.7 Å². The van der Waals surface area contributed by atoms with Crippen molar-refractivity contribution in [3.63, 3.8) is 0 Å². The predicted molar refractivity (Wildman–Crippen MR) is 111 cm³/mol. The molecule has 2 aliphatic rings. The zero-order chi connectivity index (χ0) is 20.7. The molecular weight excluding hydrogens is 413 g/mol. The van der Waals surface area contributed by atoms with Crippen LogP contribution in [0.1, 0.15) is 36.1 Å². The molecule has 1 amide bonds. The van der Waals surface area contributed by atoms with Gasteiger partial charge in [0.15, 0.2) is 0 Å². The molecule has 2 heterocycles. The first-order valence-corrected chi connectivity index (χ1v) is 10.2. The van der Waals surface area contributed by atoms with E-state index in [9.17, 15) is 14.7 Å². The number of nitrogens with zero attached hydrogens (tertiary/aromatic N) is 1. The van der Waals surface area contributed by atoms with Crippen LogP contribution >= 0.6 is 23.2 Å². The maximum Gasteiger partial charge on any atom is 0.295 e. The lowest BCUT2D eigenvalue weighted by Gasteiger charge is -2.25. The lowest BCUT2D eigenvalue weighted by atomic mass is 9.94. The first-order chi connectivity index (χ1) is 13.9.